The van der Waals surface area contributed by atoms with Crippen molar-refractivity contribution in [1.82, 2.24) is 14.9 Å². The Balaban J connectivity index is 1.43. The summed E-state index contributed by atoms with van der Waals surface area (Å²) in [7, 11) is 3.23. The molecule has 1 aliphatic carbocycles. The largest absolute Gasteiger partial charge is 0.382 e. The van der Waals surface area contributed by atoms with E-state index in [1.807, 2.05) is 0 Å². The summed E-state index contributed by atoms with van der Waals surface area (Å²) in [6.45, 7) is -0.0136. The zero-order chi connectivity index (χ0) is 22.9. The van der Waals surface area contributed by atoms with Crippen LogP contribution in [0.5, 0.6) is 0 Å². The first kappa shape index (κ1) is 22.1. The Bertz CT molecular complexity index is 1140. The quantitative estimate of drug-likeness (QED) is 0.537. The van der Waals surface area contributed by atoms with Crippen LogP contribution < -0.4 is 10.6 Å². The van der Waals surface area contributed by atoms with Gasteiger partial charge in [-0.1, -0.05) is 18.2 Å². The third-order valence-corrected chi connectivity index (χ3v) is 5.95. The van der Waals surface area contributed by atoms with Crippen molar-refractivity contribution in [2.24, 2.45) is 7.05 Å². The lowest BCUT2D eigenvalue weighted by molar-refractivity contribution is -0.119. The average molecular weight is 461 g/mol. The number of amides is 2. The molecule has 2 aromatic heterocycles. The van der Waals surface area contributed by atoms with E-state index in [0.29, 0.717) is 27.5 Å². The predicted molar refractivity (Wildman–Crippen MR) is 117 cm³/mol. The van der Waals surface area contributed by atoms with Crippen molar-refractivity contribution in [1.29, 1.82) is 0 Å². The number of nitrogens with zero attached hydrogens (tertiary/aromatic N) is 2. The Labute approximate surface area is 187 Å². The number of thiazole rings is 1. The van der Waals surface area contributed by atoms with Gasteiger partial charge in [-0.15, -0.1) is 11.3 Å². The second-order valence-electron chi connectivity index (χ2n) is 7.72. The summed E-state index contributed by atoms with van der Waals surface area (Å²) in [6.07, 6.45) is 3.25. The Kier molecular flexibility index (Phi) is 6.07. The van der Waals surface area contributed by atoms with Crippen LogP contribution in [-0.2, 0) is 16.6 Å². The number of anilines is 1. The third-order valence-electron chi connectivity index (χ3n) is 5.19. The number of hydrogen-bond acceptors (Lipinski definition) is 5. The summed E-state index contributed by atoms with van der Waals surface area (Å²) < 4.78 is 33.6. The molecular weight excluding hydrogens is 438 g/mol. The zero-order valence-corrected chi connectivity index (χ0v) is 18.3. The molecule has 32 heavy (non-hydrogen) atoms. The number of carbonyl (C=O) groups is 2. The van der Waals surface area contributed by atoms with Crippen molar-refractivity contribution in [3.8, 4) is 11.3 Å². The van der Waals surface area contributed by atoms with Gasteiger partial charge in [0.25, 0.3) is 17.7 Å². The molecule has 0 aliphatic heterocycles. The van der Waals surface area contributed by atoms with E-state index >= 15 is 0 Å². The summed E-state index contributed by atoms with van der Waals surface area (Å²) in [5.74, 6) is -4.25. The van der Waals surface area contributed by atoms with E-state index < -0.39 is 29.7 Å². The Morgan fingerprint density at radius 2 is 2.16 bits per heavy atom. The number of methoxy groups -OCH3 is 1. The summed E-state index contributed by atoms with van der Waals surface area (Å²) in [5.41, 5.74) is 2.29. The number of ether oxygens (including phenoxy) is 1. The van der Waals surface area contributed by atoms with E-state index in [9.17, 15) is 18.4 Å². The number of aryl methyl sites for hydroxylation is 1. The van der Waals surface area contributed by atoms with Crippen molar-refractivity contribution >= 4 is 28.3 Å². The molecule has 0 radical (unpaired) electrons. The fourth-order valence-electron chi connectivity index (χ4n) is 3.37. The number of hydrogen-bond donors (Lipinski definition) is 2. The van der Waals surface area contributed by atoms with E-state index in [1.165, 1.54) is 18.4 Å². The Morgan fingerprint density at radius 1 is 1.38 bits per heavy atom. The molecule has 0 unspecified atom stereocenters. The molecule has 0 spiro atoms. The van der Waals surface area contributed by atoms with Crippen LogP contribution in [-0.4, -0.2) is 47.0 Å². The zero-order valence-electron chi connectivity index (χ0n) is 17.5. The molecule has 2 atom stereocenters. The maximum atomic E-state index is 13.4. The van der Waals surface area contributed by atoms with Gasteiger partial charge in [0.15, 0.2) is 5.13 Å². The minimum absolute atomic E-state index is 0.0136. The van der Waals surface area contributed by atoms with Crippen molar-refractivity contribution in [3.05, 3.63) is 59.2 Å². The number of carbonyl (C=O) groups excluding carboxylic acids is 2. The molecule has 1 fully saturated rings. The highest BCUT2D eigenvalue weighted by Crippen LogP contribution is 2.55. The van der Waals surface area contributed by atoms with E-state index in [2.05, 4.69) is 15.6 Å². The van der Waals surface area contributed by atoms with Gasteiger partial charge in [0, 0.05) is 43.9 Å². The van der Waals surface area contributed by atoms with E-state index in [4.69, 9.17) is 4.74 Å². The van der Waals surface area contributed by atoms with Crippen molar-refractivity contribution in [3.63, 3.8) is 0 Å². The molecule has 1 saturated carbocycles. The molecule has 7 nitrogen and oxygen atoms in total. The lowest BCUT2D eigenvalue weighted by atomic mass is 10.1. The van der Waals surface area contributed by atoms with Gasteiger partial charge in [0.2, 0.25) is 0 Å². The molecule has 1 aliphatic rings. The topological polar surface area (TPSA) is 85.2 Å². The van der Waals surface area contributed by atoms with Crippen molar-refractivity contribution in [2.75, 3.05) is 19.0 Å². The van der Waals surface area contributed by atoms with Crippen LogP contribution in [0.4, 0.5) is 13.9 Å². The maximum Gasteiger partial charge on any atom is 0.255 e. The molecule has 168 valence electrons. The van der Waals surface area contributed by atoms with Gasteiger partial charge >= 0.3 is 0 Å². The predicted octanol–water partition coefficient (Wildman–Crippen LogP) is 3.65. The number of nitrogens with one attached hydrogen (secondary N) is 2. The summed E-state index contributed by atoms with van der Waals surface area (Å²) in [6, 6.07) is 7.65. The third kappa shape index (κ3) is 4.86. The number of halogens is 2. The number of rotatable bonds is 8. The van der Waals surface area contributed by atoms with Crippen LogP contribution in [0.15, 0.2) is 48.1 Å². The van der Waals surface area contributed by atoms with Gasteiger partial charge in [-0.2, -0.15) is 0 Å². The van der Waals surface area contributed by atoms with Crippen molar-refractivity contribution in [2.45, 2.75) is 24.3 Å². The highest BCUT2D eigenvalue weighted by molar-refractivity contribution is 7.14. The Hall–Kier alpha value is -3.11. The minimum atomic E-state index is -2.64. The monoisotopic (exact) mass is 460 g/mol. The molecule has 3 aromatic rings. The minimum Gasteiger partial charge on any atom is -0.382 e. The fourth-order valence-corrected chi connectivity index (χ4v) is 4.10. The van der Waals surface area contributed by atoms with Crippen LogP contribution in [0.1, 0.15) is 28.3 Å². The van der Waals surface area contributed by atoms with Crippen LogP contribution >= 0.6 is 11.3 Å². The number of aromatic nitrogens is 2. The highest BCUT2D eigenvalue weighted by atomic mass is 32.1. The van der Waals surface area contributed by atoms with Crippen LogP contribution in [0, 0.1) is 0 Å². The SMILES string of the molecule is COC[C@H](NC(=O)c1ccn(C)c1)C(=O)Nc1nc(-c2cccc([C@H]3CC3(F)F)c2)cs1. The molecule has 2 heterocycles. The second kappa shape index (κ2) is 8.79. The summed E-state index contributed by atoms with van der Waals surface area (Å²) in [5, 5.41) is 7.43. The van der Waals surface area contributed by atoms with Gasteiger partial charge in [-0.05, 0) is 17.7 Å². The Morgan fingerprint density at radius 3 is 2.81 bits per heavy atom. The fraction of sp³-hybridized carbons (Fsp3) is 0.318. The van der Waals surface area contributed by atoms with Gasteiger partial charge in [-0.25, -0.2) is 13.8 Å². The van der Waals surface area contributed by atoms with Crippen molar-refractivity contribution < 1.29 is 23.1 Å². The smallest absolute Gasteiger partial charge is 0.255 e. The van der Waals surface area contributed by atoms with Crippen LogP contribution in [0.2, 0.25) is 0 Å². The average Bonchev–Trinajstić information content (AvgIpc) is 3.11. The molecular formula is C22H22F2N4O3S. The molecule has 0 saturated heterocycles. The van der Waals surface area contributed by atoms with Gasteiger partial charge in [-0.3, -0.25) is 9.59 Å². The number of alkyl halides is 2. The van der Waals surface area contributed by atoms with E-state index in [0.717, 1.165) is 0 Å². The molecule has 0 bridgehead atoms. The molecule has 2 N–H and O–H groups in total. The van der Waals surface area contributed by atoms with Gasteiger partial charge in [0.05, 0.1) is 23.8 Å². The van der Waals surface area contributed by atoms with Crippen LogP contribution in [0.3, 0.4) is 0 Å². The van der Waals surface area contributed by atoms with E-state index in [1.54, 1.807) is 59.7 Å². The molecule has 2 amide bonds. The first-order valence-corrected chi connectivity index (χ1v) is 10.8. The molecule has 1 aromatic carbocycles. The second-order valence-corrected chi connectivity index (χ2v) is 8.58. The highest BCUT2D eigenvalue weighted by Gasteiger charge is 2.57. The first-order valence-electron chi connectivity index (χ1n) is 9.93. The number of benzene rings is 1. The summed E-state index contributed by atoms with van der Waals surface area (Å²) in [4.78, 5) is 29.5. The molecule has 10 heteroatoms. The van der Waals surface area contributed by atoms with Gasteiger partial charge in [0.1, 0.15) is 6.04 Å². The van der Waals surface area contributed by atoms with Gasteiger partial charge < -0.3 is 19.9 Å². The normalized spacial score (nSPS) is 17.6. The first-order chi connectivity index (χ1) is 15.3. The lowest BCUT2D eigenvalue weighted by Crippen LogP contribution is -2.46. The maximum absolute atomic E-state index is 13.4. The summed E-state index contributed by atoms with van der Waals surface area (Å²) >= 11 is 1.21. The molecule has 4 rings (SSSR count). The van der Waals surface area contributed by atoms with E-state index in [-0.39, 0.29) is 13.0 Å². The lowest BCUT2D eigenvalue weighted by Gasteiger charge is -2.16. The van der Waals surface area contributed by atoms with Crippen LogP contribution in [0.25, 0.3) is 11.3 Å². The standard InChI is InChI=1S/C22H22F2N4O3S/c1-28-7-6-15(10-28)19(29)25-17(11-31-2)20(30)27-21-26-18(12-32-21)14-5-3-4-13(8-14)16-9-22(16,23)24/h3-8,10,12,16-17H,9,11H2,1-2H3,(H,25,29)(H,26,27,30)/t16-,17+/m1/s1.